The second kappa shape index (κ2) is 45.8. The molecule has 0 aromatic rings. The molecule has 0 N–H and O–H groups in total. The minimum absolute atomic E-state index is 0.144. The van der Waals surface area contributed by atoms with Crippen LogP contribution in [0.25, 0.3) is 0 Å². The first-order valence-corrected chi connectivity index (χ1v) is 25.8. The molecular formula is C54H97NO8. The van der Waals surface area contributed by atoms with Gasteiger partial charge in [-0.2, -0.15) is 0 Å². The lowest BCUT2D eigenvalue weighted by atomic mass is 10.1. The maximum absolute atomic E-state index is 12.8. The molecule has 63 heavy (non-hydrogen) atoms. The summed E-state index contributed by atoms with van der Waals surface area (Å²) in [5.74, 6) is -2.30. The van der Waals surface area contributed by atoms with Gasteiger partial charge in [-0.05, 0) is 77.0 Å². The second-order valence-corrected chi connectivity index (χ2v) is 18.5. The topological polar surface area (TPSA) is 111 Å². The zero-order chi connectivity index (χ0) is 46.3. The Kier molecular flexibility index (Phi) is 43.8. The molecule has 0 heterocycles. The number of aliphatic carboxylic acids is 1. The summed E-state index contributed by atoms with van der Waals surface area (Å²) in [6.45, 7) is 4.70. The summed E-state index contributed by atoms with van der Waals surface area (Å²) in [5, 5.41) is 11.7. The van der Waals surface area contributed by atoms with E-state index in [1.165, 1.54) is 116 Å². The third-order valence-corrected chi connectivity index (χ3v) is 11.0. The van der Waals surface area contributed by atoms with Crippen molar-refractivity contribution < 1.29 is 42.9 Å². The van der Waals surface area contributed by atoms with Gasteiger partial charge >= 0.3 is 11.9 Å². The van der Waals surface area contributed by atoms with E-state index < -0.39 is 24.3 Å². The number of allylic oxidation sites excluding steroid dienone is 8. The smallest absolute Gasteiger partial charge is 0.306 e. The van der Waals surface area contributed by atoms with E-state index in [1.54, 1.807) is 0 Å². The average molecular weight is 888 g/mol. The molecule has 0 saturated carbocycles. The molecule has 2 atom stereocenters. The number of esters is 2. The summed E-state index contributed by atoms with van der Waals surface area (Å²) in [4.78, 5) is 37.1. The van der Waals surface area contributed by atoms with E-state index in [4.69, 9.17) is 18.9 Å². The number of hydrogen-bond donors (Lipinski definition) is 0. The molecule has 9 heteroatoms. The van der Waals surface area contributed by atoms with Gasteiger partial charge in [0.15, 0.2) is 12.4 Å². The number of quaternary nitrogens is 1. The van der Waals surface area contributed by atoms with E-state index in [2.05, 4.69) is 62.5 Å². The molecular weight excluding hydrogens is 791 g/mol. The highest BCUT2D eigenvalue weighted by molar-refractivity contribution is 5.70. The van der Waals surface area contributed by atoms with Gasteiger partial charge in [-0.1, -0.05) is 178 Å². The highest BCUT2D eigenvalue weighted by Crippen LogP contribution is 2.14. The van der Waals surface area contributed by atoms with Crippen LogP contribution >= 0.6 is 0 Å². The normalized spacial score (nSPS) is 13.2. The zero-order valence-electron chi connectivity index (χ0n) is 41.4. The molecule has 0 bridgehead atoms. The zero-order valence-corrected chi connectivity index (χ0v) is 41.4. The molecule has 0 saturated heterocycles. The van der Waals surface area contributed by atoms with Crippen molar-refractivity contribution in [2.75, 3.05) is 47.5 Å². The van der Waals surface area contributed by atoms with Gasteiger partial charge in [0, 0.05) is 12.8 Å². The Morgan fingerprint density at radius 2 is 0.857 bits per heavy atom. The molecule has 0 fully saturated rings. The molecule has 366 valence electrons. The molecule has 0 aliphatic rings. The van der Waals surface area contributed by atoms with Gasteiger partial charge in [-0.25, -0.2) is 0 Å². The summed E-state index contributed by atoms with van der Waals surface area (Å²) in [6.07, 6.45) is 51.4. The van der Waals surface area contributed by atoms with Crippen molar-refractivity contribution in [2.45, 2.75) is 232 Å². The Hall–Kier alpha value is -2.75. The van der Waals surface area contributed by atoms with E-state index in [-0.39, 0.29) is 38.6 Å². The molecule has 0 aliphatic heterocycles. The number of carbonyl (C=O) groups is 3. The number of unbranched alkanes of at least 4 members (excludes halogenated alkanes) is 24. The lowest BCUT2D eigenvalue weighted by Crippen LogP contribution is -2.44. The van der Waals surface area contributed by atoms with Crippen molar-refractivity contribution in [3.63, 3.8) is 0 Å². The van der Waals surface area contributed by atoms with Crippen LogP contribution in [-0.4, -0.2) is 82.3 Å². The Labute approximate surface area is 387 Å². The Morgan fingerprint density at radius 1 is 0.476 bits per heavy atom. The molecule has 0 amide bonds. The maximum Gasteiger partial charge on any atom is 0.306 e. The standard InChI is InChI=1S/C54H97NO8/c1-6-8-10-12-14-16-18-20-22-24-25-26-27-29-31-33-35-37-39-41-43-45-52(57)63-50(49-62-54(53(58)59)60-47-46-55(3,4)5)48-61-51(56)44-42-40-38-36-34-32-30-28-23-21-19-17-15-13-11-9-7-2/h15,17-18,20-21,23-25,50,54H,6-14,16,19,22,26-49H2,1-5H3/b17-15-,20-18-,23-21-,25-24-. The van der Waals surface area contributed by atoms with E-state index in [0.29, 0.717) is 17.4 Å². The lowest BCUT2D eigenvalue weighted by Gasteiger charge is -2.26. The number of carbonyl (C=O) groups excluding carboxylic acids is 3. The lowest BCUT2D eigenvalue weighted by molar-refractivity contribution is -0.870. The monoisotopic (exact) mass is 888 g/mol. The predicted molar refractivity (Wildman–Crippen MR) is 260 cm³/mol. The second-order valence-electron chi connectivity index (χ2n) is 18.5. The van der Waals surface area contributed by atoms with E-state index >= 15 is 0 Å². The predicted octanol–water partition coefficient (Wildman–Crippen LogP) is 13.0. The largest absolute Gasteiger partial charge is 0.545 e. The minimum atomic E-state index is -1.62. The van der Waals surface area contributed by atoms with Crippen molar-refractivity contribution in [2.24, 2.45) is 0 Å². The molecule has 2 unspecified atom stereocenters. The summed E-state index contributed by atoms with van der Waals surface area (Å²) in [6, 6.07) is 0. The van der Waals surface area contributed by atoms with Crippen LogP contribution in [0, 0.1) is 0 Å². The first-order valence-electron chi connectivity index (χ1n) is 25.8. The molecule has 0 aromatic heterocycles. The van der Waals surface area contributed by atoms with E-state index in [9.17, 15) is 19.5 Å². The third kappa shape index (κ3) is 47.0. The number of carboxylic acid groups (broad SMARTS) is 1. The van der Waals surface area contributed by atoms with Crippen molar-refractivity contribution in [3.05, 3.63) is 48.6 Å². The Morgan fingerprint density at radius 3 is 1.29 bits per heavy atom. The van der Waals surface area contributed by atoms with Crippen molar-refractivity contribution >= 4 is 17.9 Å². The number of rotatable bonds is 47. The SMILES string of the molecule is CCCCC/C=C\C/C=C\CCCCCCCCCC(=O)OCC(COC(OCC[N+](C)(C)C)C(=O)[O-])OC(=O)CCCCCCCCCCC/C=C\C/C=C\CCCCCCC. The highest BCUT2D eigenvalue weighted by atomic mass is 16.7. The van der Waals surface area contributed by atoms with Crippen LogP contribution in [0.15, 0.2) is 48.6 Å². The molecule has 0 rings (SSSR count). The first-order chi connectivity index (χ1) is 30.6. The number of likely N-dealkylation sites (N-methyl/N-ethyl adjacent to an activating group) is 1. The fraction of sp³-hybridized carbons (Fsp3) is 0.796. The quantitative estimate of drug-likeness (QED) is 0.0195. The minimum Gasteiger partial charge on any atom is -0.545 e. The van der Waals surface area contributed by atoms with Crippen LogP contribution in [0.4, 0.5) is 0 Å². The van der Waals surface area contributed by atoms with Gasteiger partial charge in [-0.3, -0.25) is 9.59 Å². The summed E-state index contributed by atoms with van der Waals surface area (Å²) in [7, 11) is 5.91. The van der Waals surface area contributed by atoms with Gasteiger partial charge in [-0.15, -0.1) is 0 Å². The van der Waals surface area contributed by atoms with Crippen LogP contribution in [0.2, 0.25) is 0 Å². The molecule has 0 spiro atoms. The third-order valence-electron chi connectivity index (χ3n) is 11.0. The molecule has 9 nitrogen and oxygen atoms in total. The summed E-state index contributed by atoms with van der Waals surface area (Å²) in [5.41, 5.74) is 0. The fourth-order valence-electron chi connectivity index (χ4n) is 7.01. The van der Waals surface area contributed by atoms with Gasteiger partial charge in [0.2, 0.25) is 0 Å². The van der Waals surface area contributed by atoms with E-state index in [0.717, 1.165) is 70.6 Å². The Balaban J connectivity index is 4.36. The van der Waals surface area contributed by atoms with Crippen molar-refractivity contribution in [3.8, 4) is 0 Å². The number of ether oxygens (including phenoxy) is 4. The molecule has 0 radical (unpaired) electrons. The average Bonchev–Trinajstić information content (AvgIpc) is 3.24. The summed E-state index contributed by atoms with van der Waals surface area (Å²) >= 11 is 0. The highest BCUT2D eigenvalue weighted by Gasteiger charge is 2.22. The van der Waals surface area contributed by atoms with Crippen molar-refractivity contribution in [1.29, 1.82) is 0 Å². The van der Waals surface area contributed by atoms with Crippen LogP contribution in [-0.2, 0) is 33.3 Å². The van der Waals surface area contributed by atoms with Crippen LogP contribution in [0.5, 0.6) is 0 Å². The number of hydrogen-bond acceptors (Lipinski definition) is 8. The van der Waals surface area contributed by atoms with Gasteiger partial charge < -0.3 is 33.3 Å². The Bertz CT molecular complexity index is 1170. The van der Waals surface area contributed by atoms with E-state index in [1.807, 2.05) is 21.1 Å². The maximum atomic E-state index is 12.8. The van der Waals surface area contributed by atoms with Crippen LogP contribution < -0.4 is 5.11 Å². The van der Waals surface area contributed by atoms with Gasteiger partial charge in [0.1, 0.15) is 13.2 Å². The number of nitrogens with zero attached hydrogens (tertiary/aromatic N) is 1. The number of carboxylic acids is 1. The molecule has 0 aliphatic carbocycles. The first kappa shape index (κ1) is 60.2. The summed E-state index contributed by atoms with van der Waals surface area (Å²) < 4.78 is 22.6. The molecule has 0 aromatic carbocycles. The van der Waals surface area contributed by atoms with Gasteiger partial charge in [0.25, 0.3) is 0 Å². The van der Waals surface area contributed by atoms with Crippen molar-refractivity contribution in [1.82, 2.24) is 0 Å². The van der Waals surface area contributed by atoms with Crippen LogP contribution in [0.3, 0.4) is 0 Å². The van der Waals surface area contributed by atoms with Crippen LogP contribution in [0.1, 0.15) is 219 Å². The van der Waals surface area contributed by atoms with Gasteiger partial charge in [0.05, 0.1) is 40.3 Å². The fourth-order valence-corrected chi connectivity index (χ4v) is 7.01.